The van der Waals surface area contributed by atoms with Gasteiger partial charge in [0.05, 0.1) is 20.3 Å². The van der Waals surface area contributed by atoms with Crippen LogP contribution in [0.5, 0.6) is 5.88 Å². The first-order chi connectivity index (χ1) is 13.7. The molecule has 9 heteroatoms. The van der Waals surface area contributed by atoms with Crippen molar-refractivity contribution in [3.63, 3.8) is 0 Å². The zero-order chi connectivity index (χ0) is 19.3. The average Bonchev–Trinajstić information content (AvgIpc) is 2.79. The molecule has 28 heavy (non-hydrogen) atoms. The molecule has 0 bridgehead atoms. The third kappa shape index (κ3) is 3.99. The van der Waals surface area contributed by atoms with Crippen molar-refractivity contribution in [2.24, 2.45) is 0 Å². The minimum absolute atomic E-state index is 0.00546. The molecule has 0 aliphatic carbocycles. The van der Waals surface area contributed by atoms with Gasteiger partial charge in [-0.3, -0.25) is 4.79 Å². The second-order valence-electron chi connectivity index (χ2n) is 6.72. The van der Waals surface area contributed by atoms with Crippen LogP contribution in [-0.2, 0) is 4.74 Å². The summed E-state index contributed by atoms with van der Waals surface area (Å²) in [5.41, 5.74) is 0.593. The van der Waals surface area contributed by atoms with Crippen LogP contribution in [0.15, 0.2) is 30.5 Å². The lowest BCUT2D eigenvalue weighted by atomic mass is 10.2. The van der Waals surface area contributed by atoms with Gasteiger partial charge in [-0.2, -0.15) is 0 Å². The van der Waals surface area contributed by atoms with Gasteiger partial charge in [0.25, 0.3) is 5.91 Å². The topological polar surface area (TPSA) is 83.9 Å². The Morgan fingerprint density at radius 3 is 2.21 bits per heavy atom. The number of piperazine rings is 1. The molecule has 2 aromatic rings. The number of methoxy groups -OCH3 is 1. The normalized spacial score (nSPS) is 17.5. The molecule has 9 nitrogen and oxygen atoms in total. The van der Waals surface area contributed by atoms with Crippen molar-refractivity contribution in [1.82, 2.24) is 20.1 Å². The van der Waals surface area contributed by atoms with E-state index in [1.165, 1.54) is 0 Å². The van der Waals surface area contributed by atoms with Gasteiger partial charge in [-0.15, -0.1) is 10.2 Å². The Hall–Kier alpha value is -2.94. The van der Waals surface area contributed by atoms with Crippen molar-refractivity contribution in [2.45, 2.75) is 0 Å². The van der Waals surface area contributed by atoms with Crippen LogP contribution >= 0.6 is 0 Å². The van der Waals surface area contributed by atoms with Gasteiger partial charge in [0.15, 0.2) is 11.6 Å². The van der Waals surface area contributed by atoms with E-state index in [0.717, 1.165) is 51.0 Å². The highest BCUT2D eigenvalue weighted by Crippen LogP contribution is 2.18. The van der Waals surface area contributed by atoms with Crippen molar-refractivity contribution >= 4 is 17.5 Å². The lowest BCUT2D eigenvalue weighted by molar-refractivity contribution is 0.0746. The molecule has 0 aromatic carbocycles. The molecule has 2 fully saturated rings. The number of nitrogens with zero attached hydrogens (tertiary/aromatic N) is 6. The fourth-order valence-corrected chi connectivity index (χ4v) is 3.42. The summed E-state index contributed by atoms with van der Waals surface area (Å²) in [6.07, 6.45) is 1.59. The predicted octanol–water partition coefficient (Wildman–Crippen LogP) is 0.679. The zero-order valence-electron chi connectivity index (χ0n) is 16.0. The number of carbonyl (C=O) groups is 1. The van der Waals surface area contributed by atoms with Crippen molar-refractivity contribution in [2.75, 3.05) is 69.4 Å². The smallest absolute Gasteiger partial charge is 0.254 e. The van der Waals surface area contributed by atoms with Gasteiger partial charge in [-0.05, 0) is 18.2 Å². The molecular weight excluding hydrogens is 360 g/mol. The molecule has 4 rings (SSSR count). The summed E-state index contributed by atoms with van der Waals surface area (Å²) in [6, 6.07) is 7.40. The fraction of sp³-hybridized carbons (Fsp3) is 0.474. The maximum absolute atomic E-state index is 12.7. The molecule has 148 valence electrons. The number of carbonyl (C=O) groups excluding carboxylic acids is 1. The van der Waals surface area contributed by atoms with E-state index in [1.54, 1.807) is 25.4 Å². The minimum atomic E-state index is -0.00546. The van der Waals surface area contributed by atoms with Crippen molar-refractivity contribution in [3.8, 4) is 5.88 Å². The zero-order valence-corrected chi connectivity index (χ0v) is 16.0. The highest BCUT2D eigenvalue weighted by Gasteiger charge is 2.24. The van der Waals surface area contributed by atoms with Crippen LogP contribution < -0.4 is 14.5 Å². The molecular formula is C19H24N6O3. The van der Waals surface area contributed by atoms with E-state index in [0.29, 0.717) is 24.5 Å². The van der Waals surface area contributed by atoms with Crippen LogP contribution in [0.3, 0.4) is 0 Å². The number of hydrogen-bond acceptors (Lipinski definition) is 8. The number of ether oxygens (including phenoxy) is 2. The first-order valence-corrected chi connectivity index (χ1v) is 9.45. The molecule has 2 aromatic heterocycles. The first kappa shape index (κ1) is 18.4. The van der Waals surface area contributed by atoms with Crippen molar-refractivity contribution in [1.29, 1.82) is 0 Å². The van der Waals surface area contributed by atoms with Crippen molar-refractivity contribution < 1.29 is 14.3 Å². The van der Waals surface area contributed by atoms with Gasteiger partial charge in [-0.25, -0.2) is 4.98 Å². The Morgan fingerprint density at radius 1 is 0.964 bits per heavy atom. The summed E-state index contributed by atoms with van der Waals surface area (Å²) in [4.78, 5) is 23.0. The number of amides is 1. The molecule has 2 saturated heterocycles. The van der Waals surface area contributed by atoms with E-state index in [-0.39, 0.29) is 5.91 Å². The van der Waals surface area contributed by atoms with Crippen LogP contribution in [-0.4, -0.2) is 85.6 Å². The lowest BCUT2D eigenvalue weighted by Crippen LogP contribution is -2.49. The highest BCUT2D eigenvalue weighted by atomic mass is 16.5. The molecule has 0 unspecified atom stereocenters. The SMILES string of the molecule is COc1cc(C(=O)N2CCN(c3ccc(N4CCOCC4)nn3)CC2)ccn1. The monoisotopic (exact) mass is 384 g/mol. The predicted molar refractivity (Wildman–Crippen MR) is 104 cm³/mol. The third-order valence-corrected chi connectivity index (χ3v) is 5.05. The molecule has 0 saturated carbocycles. The Labute approximate surface area is 163 Å². The molecule has 1 amide bonds. The van der Waals surface area contributed by atoms with Crippen LogP contribution in [0.4, 0.5) is 11.6 Å². The number of morpholine rings is 1. The number of hydrogen-bond donors (Lipinski definition) is 0. The van der Waals surface area contributed by atoms with Gasteiger partial charge in [0, 0.05) is 57.1 Å². The van der Waals surface area contributed by atoms with Gasteiger partial charge in [-0.1, -0.05) is 0 Å². The Bertz CT molecular complexity index is 802. The largest absolute Gasteiger partial charge is 0.481 e. The molecule has 2 aliphatic rings. The average molecular weight is 384 g/mol. The first-order valence-electron chi connectivity index (χ1n) is 9.45. The second-order valence-corrected chi connectivity index (χ2v) is 6.72. The summed E-state index contributed by atoms with van der Waals surface area (Å²) < 4.78 is 10.5. The summed E-state index contributed by atoms with van der Waals surface area (Å²) in [7, 11) is 1.54. The van der Waals surface area contributed by atoms with E-state index >= 15 is 0 Å². The molecule has 0 radical (unpaired) electrons. The number of rotatable bonds is 4. The van der Waals surface area contributed by atoms with Crippen LogP contribution in [0.25, 0.3) is 0 Å². The molecule has 0 N–H and O–H groups in total. The number of pyridine rings is 1. The summed E-state index contributed by atoms with van der Waals surface area (Å²) in [6.45, 7) is 5.85. The van der Waals surface area contributed by atoms with E-state index in [4.69, 9.17) is 9.47 Å². The number of aromatic nitrogens is 3. The van der Waals surface area contributed by atoms with Gasteiger partial charge in [0.2, 0.25) is 5.88 Å². The van der Waals surface area contributed by atoms with E-state index in [1.807, 2.05) is 17.0 Å². The Morgan fingerprint density at radius 2 is 1.61 bits per heavy atom. The minimum Gasteiger partial charge on any atom is -0.481 e. The standard InChI is InChI=1S/C19H24N6O3/c1-27-18-14-15(4-5-20-18)19(26)25-8-6-23(7-9-25)16-2-3-17(22-21-16)24-10-12-28-13-11-24/h2-5,14H,6-13H2,1H3. The maximum Gasteiger partial charge on any atom is 0.254 e. The Balaban J connectivity index is 1.35. The third-order valence-electron chi connectivity index (χ3n) is 5.05. The van der Waals surface area contributed by atoms with E-state index in [2.05, 4.69) is 25.0 Å². The quantitative estimate of drug-likeness (QED) is 0.761. The summed E-state index contributed by atoms with van der Waals surface area (Å²) in [5.74, 6) is 2.16. The fourth-order valence-electron chi connectivity index (χ4n) is 3.42. The van der Waals surface area contributed by atoms with Crippen molar-refractivity contribution in [3.05, 3.63) is 36.0 Å². The second kappa shape index (κ2) is 8.39. The number of anilines is 2. The van der Waals surface area contributed by atoms with E-state index < -0.39 is 0 Å². The Kier molecular flexibility index (Phi) is 5.52. The van der Waals surface area contributed by atoms with Crippen LogP contribution in [0.1, 0.15) is 10.4 Å². The molecule has 0 atom stereocenters. The van der Waals surface area contributed by atoms with Gasteiger partial charge >= 0.3 is 0 Å². The maximum atomic E-state index is 12.7. The van der Waals surface area contributed by atoms with Crippen LogP contribution in [0, 0.1) is 0 Å². The van der Waals surface area contributed by atoms with Crippen LogP contribution in [0.2, 0.25) is 0 Å². The van der Waals surface area contributed by atoms with Gasteiger partial charge in [0.1, 0.15) is 0 Å². The summed E-state index contributed by atoms with van der Waals surface area (Å²) >= 11 is 0. The summed E-state index contributed by atoms with van der Waals surface area (Å²) in [5, 5.41) is 8.77. The van der Waals surface area contributed by atoms with E-state index in [9.17, 15) is 4.79 Å². The van der Waals surface area contributed by atoms with Gasteiger partial charge < -0.3 is 24.2 Å². The lowest BCUT2D eigenvalue weighted by Gasteiger charge is -2.35. The highest BCUT2D eigenvalue weighted by molar-refractivity contribution is 5.94. The molecule has 0 spiro atoms. The molecule has 2 aliphatic heterocycles. The molecule has 4 heterocycles.